The van der Waals surface area contributed by atoms with Crippen LogP contribution < -0.4 is 20.1 Å². The minimum Gasteiger partial charge on any atom is -0.496 e. The number of anilines is 1. The molecule has 3 fully saturated rings. The number of rotatable bonds is 7. The Morgan fingerprint density at radius 3 is 2.64 bits per heavy atom. The first-order valence-corrected chi connectivity index (χ1v) is 21.3. The van der Waals surface area contributed by atoms with Crippen LogP contribution in [-0.2, 0) is 30.8 Å². The van der Waals surface area contributed by atoms with E-state index >= 15 is 0 Å². The van der Waals surface area contributed by atoms with Crippen molar-refractivity contribution in [2.75, 3.05) is 19.0 Å². The van der Waals surface area contributed by atoms with E-state index in [9.17, 15) is 31.6 Å². The number of carbonyl (C=O) groups excluding carboxylic acids is 3. The number of thiazole rings is 1. The highest BCUT2D eigenvalue weighted by molar-refractivity contribution is 7.91. The zero-order valence-corrected chi connectivity index (χ0v) is 33.3. The largest absolute Gasteiger partial charge is 0.496 e. The molecule has 2 aliphatic carbocycles. The van der Waals surface area contributed by atoms with Crippen LogP contribution in [0.3, 0.4) is 0 Å². The number of ether oxygens (including phenoxy) is 1. The van der Waals surface area contributed by atoms with Gasteiger partial charge in [-0.3, -0.25) is 19.1 Å². The second-order valence-electron chi connectivity index (χ2n) is 16.2. The normalized spacial score (nSPS) is 26.4. The molecule has 4 heterocycles. The van der Waals surface area contributed by atoms with Gasteiger partial charge in [-0.2, -0.15) is 4.80 Å². The number of fused-ring (bicyclic) bond motifs is 10. The summed E-state index contributed by atoms with van der Waals surface area (Å²) >= 11 is 1.38. The molecule has 15 nitrogen and oxygen atoms in total. The Balaban J connectivity index is 1.23. The molecule has 302 valence electrons. The van der Waals surface area contributed by atoms with Crippen LogP contribution in [0.1, 0.15) is 89.4 Å². The van der Waals surface area contributed by atoms with Gasteiger partial charge >= 0.3 is 0 Å². The van der Waals surface area contributed by atoms with Gasteiger partial charge in [-0.15, -0.1) is 21.5 Å². The first-order valence-electron chi connectivity index (χ1n) is 18.9. The summed E-state index contributed by atoms with van der Waals surface area (Å²) in [5.74, 6) is -3.18. The number of aryl methyl sites for hydroxylation is 1. The molecular weight excluding hydrogens is 769 g/mol. The van der Waals surface area contributed by atoms with E-state index in [0.717, 1.165) is 43.4 Å². The molecule has 2 aromatic heterocycles. The molecule has 8 bridgehead atoms. The number of tetrazole rings is 1. The number of halogens is 2. The maximum absolute atomic E-state index is 14.7. The van der Waals surface area contributed by atoms with E-state index in [1.54, 1.807) is 7.11 Å². The number of hydrogen-bond donors (Lipinski definition) is 3. The summed E-state index contributed by atoms with van der Waals surface area (Å²) in [5.41, 5.74) is -0.463. The predicted molar refractivity (Wildman–Crippen MR) is 204 cm³/mol. The first kappa shape index (κ1) is 39.7. The summed E-state index contributed by atoms with van der Waals surface area (Å²) in [5, 5.41) is 20.8. The molecule has 7 rings (SSSR count). The van der Waals surface area contributed by atoms with Gasteiger partial charge in [0.1, 0.15) is 23.4 Å². The average molecular weight is 816 g/mol. The third-order valence-electron chi connectivity index (χ3n) is 10.9. The third-order valence-corrected chi connectivity index (χ3v) is 13.6. The van der Waals surface area contributed by atoms with E-state index in [-0.39, 0.29) is 13.0 Å². The number of allylic oxidation sites excluding steroid dienone is 1. The van der Waals surface area contributed by atoms with Crippen molar-refractivity contribution in [1.82, 2.24) is 40.1 Å². The minimum absolute atomic E-state index is 0.0420. The van der Waals surface area contributed by atoms with Crippen LogP contribution in [-0.4, -0.2) is 99.2 Å². The zero-order valence-electron chi connectivity index (χ0n) is 31.7. The van der Waals surface area contributed by atoms with Crippen LogP contribution in [0.4, 0.5) is 13.9 Å². The Kier molecular flexibility index (Phi) is 10.9. The summed E-state index contributed by atoms with van der Waals surface area (Å²) in [7, 11) is -2.50. The second kappa shape index (κ2) is 15.4. The molecule has 3 aromatic rings. The van der Waals surface area contributed by atoms with E-state index in [0.29, 0.717) is 35.1 Å². The summed E-state index contributed by atoms with van der Waals surface area (Å²) in [6.07, 6.45) is 5.85. The highest BCUT2D eigenvalue weighted by Gasteiger charge is 2.67. The lowest BCUT2D eigenvalue weighted by Gasteiger charge is -2.35. The van der Waals surface area contributed by atoms with Crippen LogP contribution >= 0.6 is 11.3 Å². The molecular formula is C37H47F2N9O6S2. The highest BCUT2D eigenvalue weighted by atomic mass is 32.2. The number of nitrogens with one attached hydrogen (secondary N) is 3. The maximum Gasteiger partial charge on any atom is 0.259 e. The molecule has 2 saturated carbocycles. The van der Waals surface area contributed by atoms with Crippen LogP contribution in [0.15, 0.2) is 29.7 Å². The van der Waals surface area contributed by atoms with E-state index in [4.69, 9.17) is 9.72 Å². The summed E-state index contributed by atoms with van der Waals surface area (Å²) in [6, 6.07) is 2.70. The molecule has 1 saturated heterocycles. The van der Waals surface area contributed by atoms with Gasteiger partial charge in [0.25, 0.3) is 5.91 Å². The molecule has 0 spiro atoms. The minimum atomic E-state index is -4.10. The van der Waals surface area contributed by atoms with Gasteiger partial charge in [-0.05, 0) is 73.8 Å². The topological polar surface area (TPSA) is 190 Å². The quantitative estimate of drug-likeness (QED) is 0.308. The van der Waals surface area contributed by atoms with Crippen molar-refractivity contribution in [2.24, 2.45) is 11.3 Å². The van der Waals surface area contributed by atoms with Gasteiger partial charge < -0.3 is 20.3 Å². The lowest BCUT2D eigenvalue weighted by atomic mass is 9.85. The smallest absolute Gasteiger partial charge is 0.259 e. The number of amides is 3. The number of carbonyl (C=O) groups is 3. The molecule has 0 radical (unpaired) electrons. The fourth-order valence-corrected chi connectivity index (χ4v) is 9.53. The van der Waals surface area contributed by atoms with E-state index in [1.165, 1.54) is 21.0 Å². The van der Waals surface area contributed by atoms with Crippen molar-refractivity contribution in [3.05, 3.63) is 40.9 Å². The van der Waals surface area contributed by atoms with Crippen molar-refractivity contribution in [1.29, 1.82) is 0 Å². The third kappa shape index (κ3) is 8.28. The van der Waals surface area contributed by atoms with Crippen LogP contribution in [0, 0.1) is 11.3 Å². The number of alkyl halides is 2. The number of sulfonamides is 1. The van der Waals surface area contributed by atoms with Crippen LogP contribution in [0.5, 0.6) is 5.75 Å². The monoisotopic (exact) mass is 815 g/mol. The lowest BCUT2D eigenvalue weighted by molar-refractivity contribution is -0.141. The second-order valence-corrected chi connectivity index (χ2v) is 19.0. The van der Waals surface area contributed by atoms with Gasteiger partial charge in [0.15, 0.2) is 5.13 Å². The van der Waals surface area contributed by atoms with Crippen molar-refractivity contribution in [3.63, 3.8) is 0 Å². The van der Waals surface area contributed by atoms with Gasteiger partial charge in [0.2, 0.25) is 34.1 Å². The van der Waals surface area contributed by atoms with Crippen molar-refractivity contribution < 1.29 is 36.3 Å². The molecule has 3 N–H and O–H groups in total. The Morgan fingerprint density at radius 2 is 1.95 bits per heavy atom. The predicted octanol–water partition coefficient (Wildman–Crippen LogP) is 4.35. The fourth-order valence-electron chi connectivity index (χ4n) is 7.39. The molecule has 0 unspecified atom stereocenters. The molecule has 3 amide bonds. The Hall–Kier alpha value is -4.52. The Labute approximate surface area is 328 Å². The van der Waals surface area contributed by atoms with Crippen molar-refractivity contribution >= 4 is 50.3 Å². The van der Waals surface area contributed by atoms with Gasteiger partial charge in [0.05, 0.1) is 30.0 Å². The standard InChI is InChI=1S/C37H47F2N9O6S2/c1-36(2,3)29-33(50)47-19-24(17-27(47)32(49)42-37(18-26(37)30(38)39)34(51)45-56(52,53)25-13-14-25)48-44-31(43-46-48)22-12-15-28(54-4)21(16-22)10-8-6-5-7-9-11-23-20-55-35(40-23)41-29/h8,10,12,15-16,20,24-27,29-30H,5-7,9,11,13-14,17-19H2,1-4H3,(H,40,41)(H,42,49)(H,45,51)/b10-8+/t24-,26+,27+,29-,37-/m1/s1. The van der Waals surface area contributed by atoms with Crippen LogP contribution in [0.2, 0.25) is 0 Å². The van der Waals surface area contributed by atoms with Gasteiger partial charge in [-0.25, -0.2) is 22.2 Å². The Morgan fingerprint density at radius 1 is 1.16 bits per heavy atom. The summed E-state index contributed by atoms with van der Waals surface area (Å²) < 4.78 is 61.2. The lowest BCUT2D eigenvalue weighted by Crippen LogP contribution is -2.59. The van der Waals surface area contributed by atoms with E-state index in [1.807, 2.05) is 55.1 Å². The number of methoxy groups -OCH3 is 1. The molecule has 5 atom stereocenters. The maximum atomic E-state index is 14.7. The highest BCUT2D eigenvalue weighted by Crippen LogP contribution is 2.48. The molecule has 4 aliphatic rings. The fraction of sp³-hybridized carbons (Fsp3) is 0.595. The Bertz CT molecular complexity index is 2120. The zero-order chi connectivity index (χ0) is 40.0. The number of nitrogens with zero attached hydrogens (tertiary/aromatic N) is 6. The average Bonchev–Trinajstić information content (AvgIpc) is 3.95. The van der Waals surface area contributed by atoms with Crippen LogP contribution in [0.25, 0.3) is 17.5 Å². The molecule has 1 aromatic carbocycles. The van der Waals surface area contributed by atoms with Gasteiger partial charge in [0, 0.05) is 29.5 Å². The van der Waals surface area contributed by atoms with E-state index in [2.05, 4.69) is 32.1 Å². The van der Waals surface area contributed by atoms with Crippen molar-refractivity contribution in [2.45, 2.75) is 114 Å². The molecule has 19 heteroatoms. The number of benzene rings is 1. The van der Waals surface area contributed by atoms with Crippen molar-refractivity contribution in [3.8, 4) is 17.1 Å². The SMILES string of the molecule is COc1ccc2cc1/C=C/CCCCCc1csc(n1)N[C@@H](C(C)(C)C)C(=O)N1C[C@@H](C[C@H]1C(=O)N[C@]1(C(=O)NS(=O)(=O)C3CC3)C[C@H]1C(F)F)n1nnc-2n1. The van der Waals surface area contributed by atoms with E-state index < -0.39 is 80.8 Å². The summed E-state index contributed by atoms with van der Waals surface area (Å²) in [6.45, 7) is 5.59. The number of aromatic nitrogens is 5. The molecule has 2 aliphatic heterocycles. The number of hydrogen-bond acceptors (Lipinski definition) is 12. The van der Waals surface area contributed by atoms with Gasteiger partial charge in [-0.1, -0.05) is 39.3 Å². The first-order chi connectivity index (χ1) is 26.6. The summed E-state index contributed by atoms with van der Waals surface area (Å²) in [4.78, 5) is 49.9. The molecule has 56 heavy (non-hydrogen) atoms.